The third-order valence-electron chi connectivity index (χ3n) is 4.71. The van der Waals surface area contributed by atoms with Crippen LogP contribution in [-0.4, -0.2) is 37.7 Å². The van der Waals surface area contributed by atoms with Gasteiger partial charge in [-0.05, 0) is 58.0 Å². The van der Waals surface area contributed by atoms with E-state index in [4.69, 9.17) is 16.3 Å². The van der Waals surface area contributed by atoms with Crippen LogP contribution in [0.15, 0.2) is 18.2 Å². The molecule has 0 bridgehead atoms. The summed E-state index contributed by atoms with van der Waals surface area (Å²) >= 11 is 6.19. The molecule has 1 aromatic carbocycles. The van der Waals surface area contributed by atoms with Gasteiger partial charge in [-0.15, -0.1) is 0 Å². The predicted molar refractivity (Wildman–Crippen MR) is 87.2 cm³/mol. The summed E-state index contributed by atoms with van der Waals surface area (Å²) < 4.78 is 6.38. The first-order chi connectivity index (χ1) is 10.1. The molecule has 21 heavy (non-hydrogen) atoms. The highest BCUT2D eigenvalue weighted by atomic mass is 35.5. The molecule has 1 fully saturated rings. The molecule has 116 valence electrons. The molecule has 1 aliphatic carbocycles. The van der Waals surface area contributed by atoms with Crippen molar-refractivity contribution >= 4 is 11.6 Å². The molecular formula is C17H25ClN2O. The van der Waals surface area contributed by atoms with Crippen LogP contribution in [0.4, 0.5) is 0 Å². The van der Waals surface area contributed by atoms with Crippen LogP contribution >= 0.6 is 11.6 Å². The molecule has 1 aromatic rings. The summed E-state index contributed by atoms with van der Waals surface area (Å²) in [5.41, 5.74) is 1.27. The number of nitrogens with zero attached hydrogens (tertiary/aromatic N) is 1. The highest BCUT2D eigenvalue weighted by Gasteiger charge is 2.42. The molecule has 1 aliphatic heterocycles. The zero-order valence-corrected chi connectivity index (χ0v) is 13.7. The summed E-state index contributed by atoms with van der Waals surface area (Å²) in [5.74, 6) is 1.02. The lowest BCUT2D eigenvalue weighted by molar-refractivity contribution is 0.0366. The van der Waals surface area contributed by atoms with Crippen LogP contribution in [-0.2, 0) is 0 Å². The van der Waals surface area contributed by atoms with Crippen LogP contribution in [0.1, 0.15) is 43.7 Å². The second-order valence-corrected chi connectivity index (χ2v) is 7.12. The van der Waals surface area contributed by atoms with E-state index in [1.807, 2.05) is 12.1 Å². The molecule has 0 radical (unpaired) electrons. The van der Waals surface area contributed by atoms with Gasteiger partial charge >= 0.3 is 0 Å². The van der Waals surface area contributed by atoms with Crippen molar-refractivity contribution < 1.29 is 4.74 Å². The van der Waals surface area contributed by atoms with Crippen LogP contribution < -0.4 is 10.1 Å². The lowest BCUT2D eigenvalue weighted by Gasteiger charge is -2.40. The van der Waals surface area contributed by atoms with Crippen molar-refractivity contribution in [2.45, 2.75) is 43.7 Å². The Morgan fingerprint density at radius 1 is 1.33 bits per heavy atom. The van der Waals surface area contributed by atoms with Gasteiger partial charge < -0.3 is 15.0 Å². The Bertz CT molecular complexity index is 498. The molecule has 1 N–H and O–H groups in total. The van der Waals surface area contributed by atoms with E-state index in [0.29, 0.717) is 6.04 Å². The predicted octanol–water partition coefficient (Wildman–Crippen LogP) is 3.63. The smallest absolute Gasteiger partial charge is 0.125 e. The van der Waals surface area contributed by atoms with E-state index >= 15 is 0 Å². The number of hydrogen-bond donors (Lipinski definition) is 1. The lowest BCUT2D eigenvalue weighted by Crippen LogP contribution is -2.43. The van der Waals surface area contributed by atoms with Crippen molar-refractivity contribution in [1.82, 2.24) is 10.2 Å². The number of rotatable bonds is 4. The molecule has 1 unspecified atom stereocenters. The van der Waals surface area contributed by atoms with E-state index < -0.39 is 0 Å². The molecule has 1 spiro atoms. The van der Waals surface area contributed by atoms with E-state index in [-0.39, 0.29) is 5.60 Å². The van der Waals surface area contributed by atoms with Crippen LogP contribution in [0.5, 0.6) is 5.75 Å². The number of fused-ring (bicyclic) bond motifs is 1. The van der Waals surface area contributed by atoms with Gasteiger partial charge in [-0.1, -0.05) is 11.6 Å². The molecule has 3 rings (SSSR count). The Hall–Kier alpha value is -0.770. The molecule has 0 saturated heterocycles. The summed E-state index contributed by atoms with van der Waals surface area (Å²) in [6, 6.07) is 6.39. The van der Waals surface area contributed by atoms with Gasteiger partial charge in [0, 0.05) is 36.1 Å². The van der Waals surface area contributed by atoms with Crippen LogP contribution in [0.2, 0.25) is 5.02 Å². The van der Waals surface area contributed by atoms with Crippen molar-refractivity contribution in [2.24, 2.45) is 0 Å². The maximum atomic E-state index is 6.38. The number of nitrogens with one attached hydrogen (secondary N) is 1. The maximum Gasteiger partial charge on any atom is 0.125 e. The molecule has 3 nitrogen and oxygen atoms in total. The summed E-state index contributed by atoms with van der Waals surface area (Å²) in [6.45, 7) is 2.03. The zero-order valence-electron chi connectivity index (χ0n) is 13.0. The van der Waals surface area contributed by atoms with E-state index in [0.717, 1.165) is 30.3 Å². The molecule has 1 heterocycles. The Balaban J connectivity index is 1.81. The number of likely N-dealkylation sites (N-methyl/N-ethyl adjacent to an activating group) is 1. The fourth-order valence-corrected chi connectivity index (χ4v) is 3.79. The minimum Gasteiger partial charge on any atom is -0.487 e. The average molecular weight is 309 g/mol. The first kappa shape index (κ1) is 15.1. The summed E-state index contributed by atoms with van der Waals surface area (Å²) in [7, 11) is 4.21. The molecule has 2 aliphatic rings. The average Bonchev–Trinajstić information content (AvgIpc) is 2.87. The van der Waals surface area contributed by atoms with Gasteiger partial charge in [0.2, 0.25) is 0 Å². The van der Waals surface area contributed by atoms with Gasteiger partial charge in [-0.25, -0.2) is 0 Å². The first-order valence-corrected chi connectivity index (χ1v) is 8.32. The normalized spacial score (nSPS) is 23.3. The minimum absolute atomic E-state index is 0.0522. The molecular weight excluding hydrogens is 284 g/mol. The molecule has 0 aromatic heterocycles. The summed E-state index contributed by atoms with van der Waals surface area (Å²) in [5, 5.41) is 4.50. The van der Waals surface area contributed by atoms with Gasteiger partial charge in [0.1, 0.15) is 11.4 Å². The summed E-state index contributed by atoms with van der Waals surface area (Å²) in [4.78, 5) is 2.20. The molecule has 4 heteroatoms. The Labute approximate surface area is 132 Å². The van der Waals surface area contributed by atoms with Gasteiger partial charge in [0.15, 0.2) is 0 Å². The molecule has 0 amide bonds. The van der Waals surface area contributed by atoms with Gasteiger partial charge in [-0.2, -0.15) is 0 Å². The van der Waals surface area contributed by atoms with E-state index in [1.54, 1.807) is 0 Å². The molecule has 1 atom stereocenters. The van der Waals surface area contributed by atoms with Crippen LogP contribution in [0.3, 0.4) is 0 Å². The fourth-order valence-electron chi connectivity index (χ4n) is 3.61. The lowest BCUT2D eigenvalue weighted by atomic mass is 9.86. The maximum absolute atomic E-state index is 6.38. The highest BCUT2D eigenvalue weighted by molar-refractivity contribution is 6.30. The second kappa shape index (κ2) is 6.15. The molecule has 1 saturated carbocycles. The van der Waals surface area contributed by atoms with Crippen molar-refractivity contribution in [1.29, 1.82) is 0 Å². The number of ether oxygens (including phenoxy) is 1. The SMILES string of the molecule is CN(C)CCNC1CC2(CCCC2)Oc2ccc(Cl)cc21. The number of halogens is 1. The third-order valence-corrected chi connectivity index (χ3v) is 4.95. The number of hydrogen-bond acceptors (Lipinski definition) is 3. The summed E-state index contributed by atoms with van der Waals surface area (Å²) in [6.07, 6.45) is 6.00. The Morgan fingerprint density at radius 3 is 2.81 bits per heavy atom. The second-order valence-electron chi connectivity index (χ2n) is 6.69. The fraction of sp³-hybridized carbons (Fsp3) is 0.647. The third kappa shape index (κ3) is 3.36. The highest BCUT2D eigenvalue weighted by Crippen LogP contribution is 2.47. The van der Waals surface area contributed by atoms with Crippen molar-refractivity contribution in [3.8, 4) is 5.75 Å². The zero-order chi connectivity index (χ0) is 14.9. The standard InChI is InChI=1S/C17H25ClN2O/c1-20(2)10-9-19-15-12-17(7-3-4-8-17)21-16-6-5-13(18)11-14(15)16/h5-6,11,15,19H,3-4,7-10,12H2,1-2H3. The Morgan fingerprint density at radius 2 is 2.10 bits per heavy atom. The van der Waals surface area contributed by atoms with Gasteiger partial charge in [0.05, 0.1) is 0 Å². The Kier molecular flexibility index (Phi) is 4.43. The van der Waals surface area contributed by atoms with E-state index in [9.17, 15) is 0 Å². The van der Waals surface area contributed by atoms with Crippen LogP contribution in [0.25, 0.3) is 0 Å². The topological polar surface area (TPSA) is 24.5 Å². The van der Waals surface area contributed by atoms with E-state index in [2.05, 4.69) is 30.4 Å². The monoisotopic (exact) mass is 308 g/mol. The quantitative estimate of drug-likeness (QED) is 0.919. The van der Waals surface area contributed by atoms with Crippen LogP contribution in [0, 0.1) is 0 Å². The largest absolute Gasteiger partial charge is 0.487 e. The van der Waals surface area contributed by atoms with Crippen molar-refractivity contribution in [3.05, 3.63) is 28.8 Å². The number of benzene rings is 1. The van der Waals surface area contributed by atoms with Gasteiger partial charge in [-0.3, -0.25) is 0 Å². The minimum atomic E-state index is 0.0522. The van der Waals surface area contributed by atoms with Crippen molar-refractivity contribution in [2.75, 3.05) is 27.2 Å². The van der Waals surface area contributed by atoms with E-state index in [1.165, 1.54) is 31.2 Å². The first-order valence-electron chi connectivity index (χ1n) is 7.95. The van der Waals surface area contributed by atoms with Gasteiger partial charge in [0.25, 0.3) is 0 Å². The van der Waals surface area contributed by atoms with Crippen molar-refractivity contribution in [3.63, 3.8) is 0 Å².